The van der Waals surface area contributed by atoms with Crippen LogP contribution in [0.25, 0.3) is 0 Å². The molecule has 0 aliphatic carbocycles. The fourth-order valence-corrected chi connectivity index (χ4v) is 4.20. The van der Waals surface area contributed by atoms with Gasteiger partial charge in [0.05, 0.1) is 12.2 Å². The molecule has 0 fully saturated rings. The fraction of sp³-hybridized carbons (Fsp3) is 0.368. The minimum absolute atomic E-state index is 0.213. The first kappa shape index (κ1) is 17.6. The summed E-state index contributed by atoms with van der Waals surface area (Å²) in [5, 5.41) is 10.8. The van der Waals surface area contributed by atoms with E-state index in [9.17, 15) is 9.90 Å². The number of aliphatic imine (C=N–C) groups is 1. The third-order valence-electron chi connectivity index (χ3n) is 4.30. The highest BCUT2D eigenvalue weighted by Gasteiger charge is 2.27. The number of aryl methyl sites for hydroxylation is 1. The highest BCUT2D eigenvalue weighted by atomic mass is 32.1. The zero-order chi connectivity index (χ0) is 18.0. The van der Waals surface area contributed by atoms with Crippen molar-refractivity contribution in [3.8, 4) is 5.75 Å². The molecule has 1 aromatic carbocycles. The molecule has 0 saturated carbocycles. The van der Waals surface area contributed by atoms with E-state index < -0.39 is 0 Å². The summed E-state index contributed by atoms with van der Waals surface area (Å²) in [5.41, 5.74) is 3.07. The summed E-state index contributed by atoms with van der Waals surface area (Å²) in [6.45, 7) is 5.72. The van der Waals surface area contributed by atoms with E-state index >= 15 is 0 Å². The molecule has 0 radical (unpaired) electrons. The third-order valence-corrected chi connectivity index (χ3v) is 5.42. The molecule has 0 amide bonds. The second-order valence-corrected chi connectivity index (χ2v) is 7.25. The summed E-state index contributed by atoms with van der Waals surface area (Å²) in [5.74, 6) is -0.102. The van der Waals surface area contributed by atoms with Crippen LogP contribution in [0.1, 0.15) is 38.8 Å². The van der Waals surface area contributed by atoms with Gasteiger partial charge in [0.2, 0.25) is 0 Å². The van der Waals surface area contributed by atoms with Crippen LogP contribution in [0.3, 0.4) is 0 Å². The molecule has 0 unspecified atom stereocenters. The molecular formula is C19H22N2O3S. The Morgan fingerprint density at radius 3 is 3.04 bits per heavy atom. The number of likely N-dealkylation sites (N-methyl/N-ethyl adjacent to an activating group) is 1. The highest BCUT2D eigenvalue weighted by molar-refractivity contribution is 7.16. The molecule has 3 rings (SSSR count). The topological polar surface area (TPSA) is 62.1 Å². The SMILES string of the molecule is CCOC(=O)c1c(/N=C/c2cccc(C)c2O)sc2c1CCN(C)C2. The molecule has 1 aliphatic heterocycles. The summed E-state index contributed by atoms with van der Waals surface area (Å²) in [4.78, 5) is 20.4. The average Bonchev–Trinajstić information content (AvgIpc) is 2.93. The Kier molecular flexibility index (Phi) is 5.20. The summed E-state index contributed by atoms with van der Waals surface area (Å²) < 4.78 is 5.25. The van der Waals surface area contributed by atoms with Gasteiger partial charge in [-0.25, -0.2) is 9.79 Å². The second kappa shape index (κ2) is 7.37. The maximum atomic E-state index is 12.5. The number of carbonyl (C=O) groups excluding carboxylic acids is 1. The predicted molar refractivity (Wildman–Crippen MR) is 100 cm³/mol. The molecule has 0 bridgehead atoms. The highest BCUT2D eigenvalue weighted by Crippen LogP contribution is 2.39. The Morgan fingerprint density at radius 2 is 2.28 bits per heavy atom. The molecule has 25 heavy (non-hydrogen) atoms. The number of benzene rings is 1. The van der Waals surface area contributed by atoms with Gasteiger partial charge in [-0.2, -0.15) is 0 Å². The van der Waals surface area contributed by atoms with Crippen molar-refractivity contribution in [2.24, 2.45) is 4.99 Å². The number of phenolic OH excluding ortho intramolecular Hbond substituents is 1. The molecule has 1 aromatic heterocycles. The molecular weight excluding hydrogens is 336 g/mol. The minimum Gasteiger partial charge on any atom is -0.507 e. The first-order valence-corrected chi connectivity index (χ1v) is 9.15. The molecule has 2 aromatic rings. The van der Waals surface area contributed by atoms with Gasteiger partial charge in [0, 0.05) is 29.7 Å². The van der Waals surface area contributed by atoms with Crippen LogP contribution in [-0.4, -0.2) is 42.4 Å². The molecule has 0 atom stereocenters. The normalized spacial score (nSPS) is 14.7. The van der Waals surface area contributed by atoms with Gasteiger partial charge in [0.15, 0.2) is 0 Å². The number of fused-ring (bicyclic) bond motifs is 1. The number of ether oxygens (including phenoxy) is 1. The minimum atomic E-state index is -0.315. The lowest BCUT2D eigenvalue weighted by molar-refractivity contribution is 0.0526. The molecule has 2 heterocycles. The van der Waals surface area contributed by atoms with E-state index in [2.05, 4.69) is 16.9 Å². The van der Waals surface area contributed by atoms with Crippen molar-refractivity contribution in [3.05, 3.63) is 45.3 Å². The van der Waals surface area contributed by atoms with Crippen LogP contribution in [0.5, 0.6) is 5.75 Å². The zero-order valence-electron chi connectivity index (χ0n) is 14.7. The standard InChI is InChI=1S/C19H22N2O3S/c1-4-24-19(23)16-14-8-9-21(3)11-15(14)25-18(16)20-10-13-7-5-6-12(2)17(13)22/h5-7,10,22H,4,8-9,11H2,1-3H3/b20-10+. The van der Waals surface area contributed by atoms with Crippen molar-refractivity contribution in [2.45, 2.75) is 26.8 Å². The number of para-hydroxylation sites is 1. The van der Waals surface area contributed by atoms with Crippen molar-refractivity contribution in [2.75, 3.05) is 20.2 Å². The molecule has 132 valence electrons. The molecule has 6 heteroatoms. The predicted octanol–water partition coefficient (Wildman–Crippen LogP) is 3.68. The lowest BCUT2D eigenvalue weighted by atomic mass is 10.0. The Morgan fingerprint density at radius 1 is 1.48 bits per heavy atom. The van der Waals surface area contributed by atoms with Crippen molar-refractivity contribution < 1.29 is 14.6 Å². The van der Waals surface area contributed by atoms with Gasteiger partial charge >= 0.3 is 5.97 Å². The van der Waals surface area contributed by atoms with E-state index in [0.29, 0.717) is 22.7 Å². The van der Waals surface area contributed by atoms with E-state index in [1.165, 1.54) is 11.3 Å². The average molecular weight is 358 g/mol. The Balaban J connectivity index is 2.01. The number of nitrogens with zero attached hydrogens (tertiary/aromatic N) is 2. The number of thiophene rings is 1. The zero-order valence-corrected chi connectivity index (χ0v) is 15.5. The largest absolute Gasteiger partial charge is 0.507 e. The van der Waals surface area contributed by atoms with E-state index in [-0.39, 0.29) is 11.7 Å². The van der Waals surface area contributed by atoms with Crippen LogP contribution in [0.15, 0.2) is 23.2 Å². The number of hydrogen-bond acceptors (Lipinski definition) is 6. The maximum Gasteiger partial charge on any atom is 0.341 e. The second-order valence-electron chi connectivity index (χ2n) is 6.16. The third kappa shape index (κ3) is 3.60. The molecule has 0 saturated heterocycles. The van der Waals surface area contributed by atoms with E-state index in [0.717, 1.165) is 35.5 Å². The van der Waals surface area contributed by atoms with Gasteiger partial charge in [-0.05, 0) is 44.5 Å². The van der Waals surface area contributed by atoms with Gasteiger partial charge in [0.25, 0.3) is 0 Å². The maximum absolute atomic E-state index is 12.5. The van der Waals surface area contributed by atoms with Crippen LogP contribution >= 0.6 is 11.3 Å². The summed E-state index contributed by atoms with van der Waals surface area (Å²) in [6.07, 6.45) is 2.44. The molecule has 1 aliphatic rings. The molecule has 0 spiro atoms. The summed E-state index contributed by atoms with van der Waals surface area (Å²) in [6, 6.07) is 5.52. The Hall–Kier alpha value is -2.18. The molecule has 1 N–H and O–H groups in total. The van der Waals surface area contributed by atoms with Crippen molar-refractivity contribution >= 4 is 28.5 Å². The van der Waals surface area contributed by atoms with Gasteiger partial charge in [-0.3, -0.25) is 0 Å². The van der Waals surface area contributed by atoms with Crippen LogP contribution in [0.2, 0.25) is 0 Å². The Labute approximate surface area is 151 Å². The number of phenols is 1. The van der Waals surface area contributed by atoms with Gasteiger partial charge in [-0.15, -0.1) is 11.3 Å². The first-order chi connectivity index (χ1) is 12.0. The summed E-state index contributed by atoms with van der Waals surface area (Å²) >= 11 is 1.53. The Bertz CT molecular complexity index is 826. The van der Waals surface area contributed by atoms with Gasteiger partial charge in [0.1, 0.15) is 10.8 Å². The first-order valence-electron chi connectivity index (χ1n) is 8.34. The van der Waals surface area contributed by atoms with E-state index in [4.69, 9.17) is 4.74 Å². The van der Waals surface area contributed by atoms with Crippen molar-refractivity contribution in [1.29, 1.82) is 0 Å². The summed E-state index contributed by atoms with van der Waals surface area (Å²) in [7, 11) is 2.07. The van der Waals surface area contributed by atoms with Crippen molar-refractivity contribution in [3.63, 3.8) is 0 Å². The number of carbonyl (C=O) groups is 1. The monoisotopic (exact) mass is 358 g/mol. The number of esters is 1. The van der Waals surface area contributed by atoms with Crippen molar-refractivity contribution in [1.82, 2.24) is 4.90 Å². The number of hydrogen-bond donors (Lipinski definition) is 1. The van der Waals surface area contributed by atoms with E-state index in [1.807, 2.05) is 19.1 Å². The van der Waals surface area contributed by atoms with Crippen LogP contribution in [-0.2, 0) is 17.7 Å². The number of rotatable bonds is 4. The lowest BCUT2D eigenvalue weighted by Crippen LogP contribution is -2.26. The number of aromatic hydroxyl groups is 1. The fourth-order valence-electron chi connectivity index (χ4n) is 2.94. The van der Waals surface area contributed by atoms with Crippen LogP contribution < -0.4 is 0 Å². The lowest BCUT2D eigenvalue weighted by Gasteiger charge is -2.22. The van der Waals surface area contributed by atoms with Crippen LogP contribution in [0.4, 0.5) is 5.00 Å². The van der Waals surface area contributed by atoms with Gasteiger partial charge < -0.3 is 14.7 Å². The quantitative estimate of drug-likeness (QED) is 0.669. The van der Waals surface area contributed by atoms with Crippen LogP contribution in [0, 0.1) is 6.92 Å². The molecule has 5 nitrogen and oxygen atoms in total. The van der Waals surface area contributed by atoms with Gasteiger partial charge in [-0.1, -0.05) is 12.1 Å². The smallest absolute Gasteiger partial charge is 0.341 e. The van der Waals surface area contributed by atoms with E-state index in [1.54, 1.807) is 19.2 Å².